The van der Waals surface area contributed by atoms with Crippen molar-refractivity contribution in [1.29, 1.82) is 0 Å². The number of benzene rings is 4. The summed E-state index contributed by atoms with van der Waals surface area (Å²) in [7, 11) is -0.659. The molecule has 0 fully saturated rings. The molecule has 0 aromatic heterocycles. The molecule has 4 rings (SSSR count). The third kappa shape index (κ3) is 8.56. The summed E-state index contributed by atoms with van der Waals surface area (Å²) in [4.78, 5) is 23.9. The molecular formula is C34H29O9P. The summed E-state index contributed by atoms with van der Waals surface area (Å²) in [6.45, 7) is 10.2. The van der Waals surface area contributed by atoms with Crippen molar-refractivity contribution in [3.8, 4) is 34.5 Å². The van der Waals surface area contributed by atoms with Crippen molar-refractivity contribution in [2.75, 3.05) is 0 Å². The number of rotatable bonds is 14. The summed E-state index contributed by atoms with van der Waals surface area (Å²) in [5, 5.41) is 0. The van der Waals surface area contributed by atoms with E-state index in [1.54, 1.807) is 73.7 Å². The first-order chi connectivity index (χ1) is 21.2. The van der Waals surface area contributed by atoms with E-state index in [1.807, 2.05) is 6.07 Å². The van der Waals surface area contributed by atoms with E-state index in [4.69, 9.17) is 28.4 Å². The molecule has 0 radical (unpaired) electrons. The Hall–Kier alpha value is -5.40. The summed E-state index contributed by atoms with van der Waals surface area (Å²) in [6.07, 6.45) is -1.48. The number of hydrogen-bond donors (Lipinski definition) is 0. The van der Waals surface area contributed by atoms with Crippen LogP contribution in [0.3, 0.4) is 0 Å². The Balaban J connectivity index is 1.71. The van der Waals surface area contributed by atoms with Crippen molar-refractivity contribution in [2.24, 2.45) is 0 Å². The Morgan fingerprint density at radius 2 is 0.909 bits per heavy atom. The zero-order chi connectivity index (χ0) is 31.5. The molecule has 2 atom stereocenters. The molecule has 44 heavy (non-hydrogen) atoms. The van der Waals surface area contributed by atoms with E-state index < -0.39 is 32.2 Å². The van der Waals surface area contributed by atoms with Gasteiger partial charge in [0.05, 0.1) is 0 Å². The summed E-state index contributed by atoms with van der Waals surface area (Å²) >= 11 is 0. The van der Waals surface area contributed by atoms with E-state index in [-0.39, 0.29) is 34.1 Å². The van der Waals surface area contributed by atoms with Gasteiger partial charge in [0.25, 0.3) is 8.46 Å². The lowest BCUT2D eigenvalue weighted by Gasteiger charge is -2.34. The SMILES string of the molecule is C=C(C)C(=O)Oc1ccc(OC(Oc2ccccc2)C(Oc2ccccc2)(Oc2ccc(OC(=O)C(=C)C)cc2)P=O)cc1. The van der Waals surface area contributed by atoms with Gasteiger partial charge in [-0.1, -0.05) is 49.6 Å². The van der Waals surface area contributed by atoms with Gasteiger partial charge in [-0.3, -0.25) is 4.57 Å². The number of esters is 2. The Kier molecular flexibility index (Phi) is 10.5. The van der Waals surface area contributed by atoms with Crippen molar-refractivity contribution in [3.05, 3.63) is 133 Å². The Morgan fingerprint density at radius 1 is 0.568 bits per heavy atom. The molecule has 2 unspecified atom stereocenters. The Morgan fingerprint density at radius 3 is 1.32 bits per heavy atom. The third-order valence-corrected chi connectivity index (χ3v) is 6.34. The normalized spacial score (nSPS) is 12.6. The van der Waals surface area contributed by atoms with Gasteiger partial charge in [0, 0.05) is 11.1 Å². The fourth-order valence-corrected chi connectivity index (χ4v) is 3.97. The van der Waals surface area contributed by atoms with Gasteiger partial charge in [0.2, 0.25) is 0 Å². The molecular weight excluding hydrogens is 583 g/mol. The number of para-hydroxylation sites is 2. The highest BCUT2D eigenvalue weighted by Gasteiger charge is 2.51. The molecule has 0 spiro atoms. The van der Waals surface area contributed by atoms with E-state index in [2.05, 4.69) is 13.2 Å². The third-order valence-electron chi connectivity index (χ3n) is 5.69. The molecule has 4 aromatic carbocycles. The standard InChI is InChI=1S/C34H29O9P/c1-23(2)31(35)38-26-15-17-28(18-16-26)41-33(40-25-11-7-5-8-12-25)34(44-37,42-29-13-9-6-10-14-29)43-30-21-19-27(20-22-30)39-32(36)24(3)4/h5-22,33H,1,3H2,2,4H3. The predicted octanol–water partition coefficient (Wildman–Crippen LogP) is 7.54. The highest BCUT2D eigenvalue weighted by molar-refractivity contribution is 7.25. The van der Waals surface area contributed by atoms with E-state index in [0.717, 1.165) is 0 Å². The van der Waals surface area contributed by atoms with E-state index in [9.17, 15) is 14.2 Å². The maximum absolute atomic E-state index is 13.1. The van der Waals surface area contributed by atoms with E-state index in [0.29, 0.717) is 11.5 Å². The van der Waals surface area contributed by atoms with Crippen LogP contribution in [0.1, 0.15) is 13.8 Å². The number of hydrogen-bond acceptors (Lipinski definition) is 9. The van der Waals surface area contributed by atoms with Crippen LogP contribution in [0.15, 0.2) is 133 Å². The Bertz CT molecular complexity index is 1600. The number of ether oxygens (including phenoxy) is 6. The first-order valence-electron chi connectivity index (χ1n) is 13.3. The minimum atomic E-state index is -2.11. The summed E-state index contributed by atoms with van der Waals surface area (Å²) in [5.41, 5.74) is -1.62. The monoisotopic (exact) mass is 612 g/mol. The van der Waals surface area contributed by atoms with Crippen molar-refractivity contribution < 1.29 is 42.6 Å². The van der Waals surface area contributed by atoms with Crippen LogP contribution in [0.25, 0.3) is 0 Å². The van der Waals surface area contributed by atoms with Gasteiger partial charge in [0.1, 0.15) is 34.5 Å². The zero-order valence-corrected chi connectivity index (χ0v) is 24.9. The molecule has 10 heteroatoms. The molecule has 0 saturated carbocycles. The van der Waals surface area contributed by atoms with Gasteiger partial charge >= 0.3 is 23.8 Å². The van der Waals surface area contributed by atoms with Gasteiger partial charge < -0.3 is 28.4 Å². The first kappa shape index (κ1) is 31.5. The van der Waals surface area contributed by atoms with Crippen molar-refractivity contribution in [1.82, 2.24) is 0 Å². The average molecular weight is 613 g/mol. The van der Waals surface area contributed by atoms with Crippen molar-refractivity contribution >= 4 is 20.4 Å². The zero-order valence-electron chi connectivity index (χ0n) is 24.0. The second-order valence-electron chi connectivity index (χ2n) is 9.40. The van der Waals surface area contributed by atoms with Crippen LogP contribution in [0.5, 0.6) is 34.5 Å². The van der Waals surface area contributed by atoms with E-state index >= 15 is 0 Å². The smallest absolute Gasteiger partial charge is 0.409 e. The summed E-state index contributed by atoms with van der Waals surface area (Å²) in [5.74, 6) is 0.517. The van der Waals surface area contributed by atoms with E-state index in [1.165, 1.54) is 43.3 Å². The number of carbonyl (C=O) groups excluding carboxylic acids is 2. The predicted molar refractivity (Wildman–Crippen MR) is 163 cm³/mol. The quantitative estimate of drug-likeness (QED) is 0.0469. The maximum atomic E-state index is 13.1. The van der Waals surface area contributed by atoms with Gasteiger partial charge in [-0.2, -0.15) is 0 Å². The van der Waals surface area contributed by atoms with Gasteiger partial charge in [-0.25, -0.2) is 9.59 Å². The van der Waals surface area contributed by atoms with Crippen molar-refractivity contribution in [2.45, 2.75) is 25.7 Å². The lowest BCUT2D eigenvalue weighted by atomic mass is 10.3. The molecule has 4 aromatic rings. The molecule has 0 heterocycles. The first-order valence-corrected chi connectivity index (χ1v) is 14.1. The summed E-state index contributed by atoms with van der Waals surface area (Å²) < 4.78 is 48.5. The average Bonchev–Trinajstić information content (AvgIpc) is 3.03. The van der Waals surface area contributed by atoms with Crippen LogP contribution in [0.4, 0.5) is 0 Å². The molecule has 0 aliphatic rings. The van der Waals surface area contributed by atoms with Crippen molar-refractivity contribution in [3.63, 3.8) is 0 Å². The minimum Gasteiger partial charge on any atom is -0.447 e. The molecule has 0 aliphatic heterocycles. The number of carbonyl (C=O) groups is 2. The largest absolute Gasteiger partial charge is 0.447 e. The lowest BCUT2D eigenvalue weighted by molar-refractivity contribution is -0.182. The highest BCUT2D eigenvalue weighted by Crippen LogP contribution is 2.38. The fourth-order valence-electron chi connectivity index (χ4n) is 3.49. The highest BCUT2D eigenvalue weighted by atomic mass is 31.1. The fraction of sp³-hybridized carbons (Fsp3) is 0.118. The van der Waals surface area contributed by atoms with Crippen LogP contribution >= 0.6 is 8.46 Å². The van der Waals surface area contributed by atoms with Crippen LogP contribution in [-0.2, 0) is 14.2 Å². The maximum Gasteiger partial charge on any atom is 0.409 e. The second kappa shape index (κ2) is 14.7. The molecule has 0 aliphatic carbocycles. The molecule has 224 valence electrons. The molecule has 0 amide bonds. The van der Waals surface area contributed by atoms with Gasteiger partial charge in [-0.15, -0.1) is 0 Å². The van der Waals surface area contributed by atoms with Gasteiger partial charge in [-0.05, 0) is 86.6 Å². The lowest BCUT2D eigenvalue weighted by Crippen LogP contribution is -2.54. The molecule has 0 N–H and O–H groups in total. The van der Waals surface area contributed by atoms with Crippen LogP contribution in [-0.4, -0.2) is 23.8 Å². The molecule has 0 bridgehead atoms. The topological polar surface area (TPSA) is 107 Å². The van der Waals surface area contributed by atoms with Crippen LogP contribution < -0.4 is 28.4 Å². The van der Waals surface area contributed by atoms with Gasteiger partial charge in [0.15, 0.2) is 0 Å². The summed E-state index contributed by atoms with van der Waals surface area (Å²) in [6, 6.07) is 29.5. The van der Waals surface area contributed by atoms with Crippen LogP contribution in [0, 0.1) is 0 Å². The Labute approximate surface area is 256 Å². The molecule has 0 saturated heterocycles. The second-order valence-corrected chi connectivity index (χ2v) is 10.2. The molecule has 9 nitrogen and oxygen atoms in total. The minimum absolute atomic E-state index is 0.201. The van der Waals surface area contributed by atoms with Crippen LogP contribution in [0.2, 0.25) is 0 Å².